The highest BCUT2D eigenvalue weighted by Crippen LogP contribution is 2.30. The lowest BCUT2D eigenvalue weighted by Gasteiger charge is -1.92. The van der Waals surface area contributed by atoms with E-state index >= 15 is 0 Å². The number of aromatic nitrogens is 3. The third kappa shape index (κ3) is 2.05. The van der Waals surface area contributed by atoms with Gasteiger partial charge in [0.05, 0.1) is 17.9 Å². The van der Waals surface area contributed by atoms with E-state index in [0.717, 1.165) is 11.3 Å². The van der Waals surface area contributed by atoms with Gasteiger partial charge in [0.1, 0.15) is 5.00 Å². The van der Waals surface area contributed by atoms with Crippen LogP contribution in [0.3, 0.4) is 0 Å². The van der Waals surface area contributed by atoms with Crippen molar-refractivity contribution in [3.8, 4) is 11.5 Å². The molecule has 0 radical (unpaired) electrons. The van der Waals surface area contributed by atoms with E-state index in [1.807, 2.05) is 6.92 Å². The molecule has 0 atom stereocenters. The second-order valence-electron chi connectivity index (χ2n) is 3.27. The largest absolute Gasteiger partial charge is 0.389 e. The van der Waals surface area contributed by atoms with Crippen LogP contribution in [0.2, 0.25) is 0 Å². The topological polar surface area (TPSA) is 87.1 Å². The average Bonchev–Trinajstić information content (AvgIpc) is 2.83. The van der Waals surface area contributed by atoms with Crippen LogP contribution >= 0.6 is 11.5 Å². The van der Waals surface area contributed by atoms with E-state index < -0.39 is 0 Å². The number of methoxy groups -OCH3 is 1. The third-order valence-electron chi connectivity index (χ3n) is 2.10. The number of rotatable bonds is 4. The fraction of sp³-hybridized carbons (Fsp3) is 0.444. The first kappa shape index (κ1) is 11.0. The first-order valence-corrected chi connectivity index (χ1v) is 5.53. The molecule has 0 spiro atoms. The molecule has 2 aromatic rings. The van der Waals surface area contributed by atoms with E-state index in [-0.39, 0.29) is 0 Å². The predicted octanol–water partition coefficient (Wildman–Crippen LogP) is 1.27. The molecule has 2 rings (SSSR count). The van der Waals surface area contributed by atoms with Gasteiger partial charge in [0.2, 0.25) is 0 Å². The number of aryl methyl sites for hydroxylation is 1. The Balaban J connectivity index is 2.25. The Hall–Kier alpha value is -1.47. The zero-order valence-corrected chi connectivity index (χ0v) is 9.87. The van der Waals surface area contributed by atoms with Gasteiger partial charge in [-0.05, 0) is 18.5 Å². The summed E-state index contributed by atoms with van der Waals surface area (Å²) >= 11 is 1.23. The Morgan fingerprint density at radius 3 is 2.94 bits per heavy atom. The molecule has 16 heavy (non-hydrogen) atoms. The minimum Gasteiger partial charge on any atom is -0.389 e. The molecule has 0 aliphatic rings. The summed E-state index contributed by atoms with van der Waals surface area (Å²) in [5, 5.41) is 4.44. The molecule has 2 aromatic heterocycles. The molecule has 2 heterocycles. The second-order valence-corrected chi connectivity index (χ2v) is 4.07. The molecule has 0 unspecified atom stereocenters. The summed E-state index contributed by atoms with van der Waals surface area (Å²) in [6.07, 6.45) is 0.622. The van der Waals surface area contributed by atoms with E-state index in [9.17, 15) is 0 Å². The maximum absolute atomic E-state index is 5.79. The summed E-state index contributed by atoms with van der Waals surface area (Å²) < 4.78 is 14.2. The number of nitrogen functional groups attached to an aromatic ring is 1. The van der Waals surface area contributed by atoms with Crippen molar-refractivity contribution in [3.63, 3.8) is 0 Å². The lowest BCUT2D eigenvalue weighted by molar-refractivity contribution is 0.199. The van der Waals surface area contributed by atoms with Crippen LogP contribution in [0, 0.1) is 6.92 Å². The van der Waals surface area contributed by atoms with Gasteiger partial charge in [0, 0.05) is 13.5 Å². The first-order valence-electron chi connectivity index (χ1n) is 4.76. The molecule has 0 bridgehead atoms. The summed E-state index contributed by atoms with van der Waals surface area (Å²) in [6, 6.07) is 0. The molecule has 0 aliphatic heterocycles. The van der Waals surface area contributed by atoms with Crippen LogP contribution in [0.5, 0.6) is 0 Å². The van der Waals surface area contributed by atoms with Crippen molar-refractivity contribution in [2.24, 2.45) is 0 Å². The summed E-state index contributed by atoms with van der Waals surface area (Å²) in [7, 11) is 1.63. The van der Waals surface area contributed by atoms with E-state index in [1.54, 1.807) is 7.11 Å². The minimum atomic E-state index is 0.426. The standard InChI is InChI=1S/C9H12N4O2S/c1-5-7(8(10)16-13-5)9-11-6(12-15-9)3-4-14-2/h3-4,10H2,1-2H3. The quantitative estimate of drug-likeness (QED) is 0.866. The minimum absolute atomic E-state index is 0.426. The summed E-state index contributed by atoms with van der Waals surface area (Å²) in [6.45, 7) is 2.43. The Morgan fingerprint density at radius 2 is 2.31 bits per heavy atom. The van der Waals surface area contributed by atoms with Gasteiger partial charge >= 0.3 is 0 Å². The van der Waals surface area contributed by atoms with E-state index in [1.165, 1.54) is 11.5 Å². The number of hydrogen-bond acceptors (Lipinski definition) is 7. The van der Waals surface area contributed by atoms with Crippen LogP contribution in [0.25, 0.3) is 11.5 Å². The van der Waals surface area contributed by atoms with Crippen LogP contribution in [0.4, 0.5) is 5.00 Å². The highest BCUT2D eigenvalue weighted by atomic mass is 32.1. The Kier molecular flexibility index (Phi) is 3.16. The highest BCUT2D eigenvalue weighted by Gasteiger charge is 2.17. The lowest BCUT2D eigenvalue weighted by atomic mass is 10.2. The monoisotopic (exact) mass is 240 g/mol. The van der Waals surface area contributed by atoms with Gasteiger partial charge in [-0.2, -0.15) is 9.36 Å². The van der Waals surface area contributed by atoms with Crippen molar-refractivity contribution in [2.75, 3.05) is 19.5 Å². The van der Waals surface area contributed by atoms with E-state index in [0.29, 0.717) is 29.7 Å². The van der Waals surface area contributed by atoms with Gasteiger partial charge < -0.3 is 15.0 Å². The number of nitrogens with two attached hydrogens (primary N) is 1. The van der Waals surface area contributed by atoms with Gasteiger partial charge in [0.15, 0.2) is 5.82 Å². The number of ether oxygens (including phenoxy) is 1. The van der Waals surface area contributed by atoms with Crippen molar-refractivity contribution in [1.29, 1.82) is 0 Å². The smallest absolute Gasteiger partial charge is 0.262 e. The molecular weight excluding hydrogens is 228 g/mol. The fourth-order valence-electron chi connectivity index (χ4n) is 1.30. The zero-order chi connectivity index (χ0) is 11.5. The van der Waals surface area contributed by atoms with Gasteiger partial charge in [0.25, 0.3) is 5.89 Å². The highest BCUT2D eigenvalue weighted by molar-refractivity contribution is 7.10. The molecule has 86 valence electrons. The molecule has 7 heteroatoms. The molecule has 0 amide bonds. The number of nitrogens with zero attached hydrogens (tertiary/aromatic N) is 3. The van der Waals surface area contributed by atoms with Crippen molar-refractivity contribution >= 4 is 16.5 Å². The summed E-state index contributed by atoms with van der Waals surface area (Å²) in [5.41, 5.74) is 7.33. The van der Waals surface area contributed by atoms with Gasteiger partial charge in [-0.25, -0.2) is 0 Å². The van der Waals surface area contributed by atoms with Gasteiger partial charge in [-0.1, -0.05) is 5.16 Å². The van der Waals surface area contributed by atoms with Crippen molar-refractivity contribution in [1.82, 2.24) is 14.5 Å². The van der Waals surface area contributed by atoms with Crippen LogP contribution in [-0.2, 0) is 11.2 Å². The molecule has 0 aliphatic carbocycles. The third-order valence-corrected chi connectivity index (χ3v) is 2.87. The molecular formula is C9H12N4O2S. The Labute approximate surface area is 96.6 Å². The summed E-state index contributed by atoms with van der Waals surface area (Å²) in [4.78, 5) is 4.24. The van der Waals surface area contributed by atoms with E-state index in [2.05, 4.69) is 14.5 Å². The maximum Gasteiger partial charge on any atom is 0.262 e. The van der Waals surface area contributed by atoms with Crippen molar-refractivity contribution in [3.05, 3.63) is 11.5 Å². The van der Waals surface area contributed by atoms with Crippen LogP contribution in [0.15, 0.2) is 4.52 Å². The van der Waals surface area contributed by atoms with Crippen molar-refractivity contribution < 1.29 is 9.26 Å². The Bertz CT molecular complexity index is 460. The Morgan fingerprint density at radius 1 is 1.50 bits per heavy atom. The number of hydrogen-bond donors (Lipinski definition) is 1. The SMILES string of the molecule is COCCc1noc(-c2c(C)nsc2N)n1. The molecule has 0 saturated carbocycles. The average molecular weight is 240 g/mol. The molecule has 0 fully saturated rings. The fourth-order valence-corrected chi connectivity index (χ4v) is 1.95. The lowest BCUT2D eigenvalue weighted by Crippen LogP contribution is -1.96. The number of anilines is 1. The first-order chi connectivity index (χ1) is 7.72. The van der Waals surface area contributed by atoms with Crippen LogP contribution in [-0.4, -0.2) is 28.2 Å². The van der Waals surface area contributed by atoms with Crippen molar-refractivity contribution in [2.45, 2.75) is 13.3 Å². The molecule has 0 saturated heterocycles. The molecule has 2 N–H and O–H groups in total. The zero-order valence-electron chi connectivity index (χ0n) is 9.06. The predicted molar refractivity (Wildman–Crippen MR) is 60.1 cm³/mol. The van der Waals surface area contributed by atoms with Gasteiger partial charge in [-0.3, -0.25) is 0 Å². The molecule has 0 aromatic carbocycles. The maximum atomic E-state index is 5.79. The van der Waals surface area contributed by atoms with Gasteiger partial charge in [-0.15, -0.1) is 0 Å². The second kappa shape index (κ2) is 4.58. The van der Waals surface area contributed by atoms with E-state index in [4.69, 9.17) is 15.0 Å². The normalized spacial score (nSPS) is 10.9. The summed E-state index contributed by atoms with van der Waals surface area (Å²) in [5.74, 6) is 1.04. The van der Waals surface area contributed by atoms with Crippen LogP contribution in [0.1, 0.15) is 11.5 Å². The van der Waals surface area contributed by atoms with Crippen LogP contribution < -0.4 is 5.73 Å². The molecule has 6 nitrogen and oxygen atoms in total.